The van der Waals surface area contributed by atoms with Crippen LogP contribution in [0.3, 0.4) is 0 Å². The van der Waals surface area contributed by atoms with Gasteiger partial charge in [-0.15, -0.1) is 0 Å². The fourth-order valence-electron chi connectivity index (χ4n) is 1.60. The second-order valence-corrected chi connectivity index (χ2v) is 6.04. The van der Waals surface area contributed by atoms with E-state index in [2.05, 4.69) is 5.32 Å². The first-order valence-electron chi connectivity index (χ1n) is 5.00. The van der Waals surface area contributed by atoms with Crippen molar-refractivity contribution in [1.82, 2.24) is 10.2 Å². The molecule has 0 aromatic rings. The fraction of sp³-hybridized carbons (Fsp3) is 0.667. The molecule has 1 saturated heterocycles. The van der Waals surface area contributed by atoms with E-state index in [4.69, 9.17) is 5.26 Å². The Bertz CT molecular complexity index is 465. The summed E-state index contributed by atoms with van der Waals surface area (Å²) in [5.41, 5.74) is 0. The molecule has 17 heavy (non-hydrogen) atoms. The Morgan fingerprint density at radius 3 is 2.65 bits per heavy atom. The molecule has 0 aromatic heterocycles. The van der Waals surface area contributed by atoms with Crippen LogP contribution in [0.5, 0.6) is 0 Å². The normalized spacial score (nSPS) is 21.5. The highest BCUT2D eigenvalue weighted by atomic mass is 32.2. The van der Waals surface area contributed by atoms with Crippen LogP contribution in [0.2, 0.25) is 0 Å². The first-order chi connectivity index (χ1) is 7.87. The van der Waals surface area contributed by atoms with E-state index in [1.807, 2.05) is 0 Å². The van der Waals surface area contributed by atoms with Crippen LogP contribution in [0.25, 0.3) is 0 Å². The van der Waals surface area contributed by atoms with Crippen LogP contribution >= 0.6 is 0 Å². The molecule has 0 spiro atoms. The smallest absolute Gasteiger partial charge is 0.311 e. The molecule has 1 aliphatic heterocycles. The standard InChI is InChI=1S/C9H13N3O4S/c1-12(7-2-5-17(15,16)6-7)9(14)8(13)11-4-3-10/h7H,2,4-6H2,1H3,(H,11,13). The Kier molecular flexibility index (Phi) is 4.07. The van der Waals surface area contributed by atoms with Gasteiger partial charge in [0, 0.05) is 13.1 Å². The number of likely N-dealkylation sites (N-methyl/N-ethyl adjacent to an activating group) is 1. The highest BCUT2D eigenvalue weighted by Crippen LogP contribution is 2.16. The van der Waals surface area contributed by atoms with E-state index in [1.165, 1.54) is 7.05 Å². The summed E-state index contributed by atoms with van der Waals surface area (Å²) < 4.78 is 22.5. The minimum atomic E-state index is -3.09. The SMILES string of the molecule is CN(C(=O)C(=O)NCC#N)C1CCS(=O)(=O)C1. The average molecular weight is 259 g/mol. The predicted octanol–water partition coefficient (Wildman–Crippen LogP) is -1.73. The van der Waals surface area contributed by atoms with Gasteiger partial charge in [0.15, 0.2) is 9.84 Å². The zero-order valence-corrected chi connectivity index (χ0v) is 10.2. The molecule has 2 amide bonds. The molecular weight excluding hydrogens is 246 g/mol. The van der Waals surface area contributed by atoms with E-state index in [0.29, 0.717) is 6.42 Å². The number of nitriles is 1. The van der Waals surface area contributed by atoms with Crippen LogP contribution in [-0.2, 0) is 19.4 Å². The maximum atomic E-state index is 11.6. The molecule has 0 saturated carbocycles. The van der Waals surface area contributed by atoms with Crippen LogP contribution in [0.4, 0.5) is 0 Å². The van der Waals surface area contributed by atoms with E-state index >= 15 is 0 Å². The van der Waals surface area contributed by atoms with E-state index in [-0.39, 0.29) is 18.1 Å². The van der Waals surface area contributed by atoms with Crippen LogP contribution in [-0.4, -0.2) is 56.3 Å². The highest BCUT2D eigenvalue weighted by molar-refractivity contribution is 7.91. The molecule has 1 heterocycles. The van der Waals surface area contributed by atoms with Crippen molar-refractivity contribution in [2.24, 2.45) is 0 Å². The Morgan fingerprint density at radius 1 is 1.53 bits per heavy atom. The summed E-state index contributed by atoms with van der Waals surface area (Å²) in [4.78, 5) is 23.9. The van der Waals surface area contributed by atoms with Gasteiger partial charge in [-0.05, 0) is 6.42 Å². The number of hydrogen-bond donors (Lipinski definition) is 1. The number of nitrogens with zero attached hydrogens (tertiary/aromatic N) is 2. The minimum absolute atomic E-state index is 0.0368. The van der Waals surface area contributed by atoms with Crippen molar-refractivity contribution in [2.75, 3.05) is 25.1 Å². The topological polar surface area (TPSA) is 107 Å². The molecule has 1 aliphatic rings. The van der Waals surface area contributed by atoms with Gasteiger partial charge in [0.05, 0.1) is 17.6 Å². The molecule has 1 N–H and O–H groups in total. The van der Waals surface area contributed by atoms with Crippen molar-refractivity contribution in [3.8, 4) is 6.07 Å². The Labute approximate surface area is 99.3 Å². The summed E-state index contributed by atoms with van der Waals surface area (Å²) in [7, 11) is -1.71. The molecule has 0 bridgehead atoms. The molecule has 1 rings (SSSR count). The zero-order chi connectivity index (χ0) is 13.1. The summed E-state index contributed by atoms with van der Waals surface area (Å²) in [6.07, 6.45) is 0.343. The first-order valence-corrected chi connectivity index (χ1v) is 6.82. The van der Waals surface area contributed by atoms with Gasteiger partial charge in [0.2, 0.25) is 0 Å². The number of amides is 2. The molecule has 7 nitrogen and oxygen atoms in total. The minimum Gasteiger partial charge on any atom is -0.335 e. The number of hydrogen-bond acceptors (Lipinski definition) is 5. The van der Waals surface area contributed by atoms with Gasteiger partial charge < -0.3 is 10.2 Å². The van der Waals surface area contributed by atoms with E-state index < -0.39 is 27.7 Å². The largest absolute Gasteiger partial charge is 0.335 e. The summed E-state index contributed by atoms with van der Waals surface area (Å²) >= 11 is 0. The second-order valence-electron chi connectivity index (χ2n) is 3.81. The third-order valence-corrected chi connectivity index (χ3v) is 4.35. The molecule has 0 aromatic carbocycles. The van der Waals surface area contributed by atoms with Crippen LogP contribution in [0.1, 0.15) is 6.42 Å². The van der Waals surface area contributed by atoms with E-state index in [9.17, 15) is 18.0 Å². The van der Waals surface area contributed by atoms with Crippen molar-refractivity contribution < 1.29 is 18.0 Å². The maximum Gasteiger partial charge on any atom is 0.311 e. The quantitative estimate of drug-likeness (QED) is 0.468. The average Bonchev–Trinajstić information content (AvgIpc) is 2.64. The van der Waals surface area contributed by atoms with Crippen molar-refractivity contribution in [3.05, 3.63) is 0 Å². The monoisotopic (exact) mass is 259 g/mol. The zero-order valence-electron chi connectivity index (χ0n) is 9.34. The van der Waals surface area contributed by atoms with Gasteiger partial charge in [-0.2, -0.15) is 5.26 Å². The number of nitrogens with one attached hydrogen (secondary N) is 1. The number of carbonyl (C=O) groups is 2. The van der Waals surface area contributed by atoms with Crippen LogP contribution in [0.15, 0.2) is 0 Å². The molecule has 8 heteroatoms. The molecule has 1 fully saturated rings. The lowest BCUT2D eigenvalue weighted by atomic mass is 10.2. The lowest BCUT2D eigenvalue weighted by molar-refractivity contribution is -0.145. The summed E-state index contributed by atoms with van der Waals surface area (Å²) in [5, 5.41) is 10.4. The molecule has 0 aliphatic carbocycles. The molecule has 0 radical (unpaired) electrons. The Balaban J connectivity index is 2.59. The molecule has 1 unspecified atom stereocenters. The Hall–Kier alpha value is -1.62. The van der Waals surface area contributed by atoms with E-state index in [1.54, 1.807) is 6.07 Å². The van der Waals surface area contributed by atoms with Gasteiger partial charge in [-0.1, -0.05) is 0 Å². The third kappa shape index (κ3) is 3.42. The lowest BCUT2D eigenvalue weighted by Gasteiger charge is -2.22. The van der Waals surface area contributed by atoms with E-state index in [0.717, 1.165) is 4.90 Å². The van der Waals surface area contributed by atoms with Gasteiger partial charge in [-0.3, -0.25) is 9.59 Å². The van der Waals surface area contributed by atoms with Gasteiger partial charge in [0.1, 0.15) is 6.54 Å². The molecule has 1 atom stereocenters. The van der Waals surface area contributed by atoms with Gasteiger partial charge in [-0.25, -0.2) is 8.42 Å². The second kappa shape index (κ2) is 5.14. The summed E-state index contributed by atoms with van der Waals surface area (Å²) in [6, 6.07) is 1.22. The van der Waals surface area contributed by atoms with Crippen LogP contribution < -0.4 is 5.32 Å². The molecular formula is C9H13N3O4S. The van der Waals surface area contributed by atoms with Gasteiger partial charge in [0.25, 0.3) is 0 Å². The highest BCUT2D eigenvalue weighted by Gasteiger charge is 2.34. The van der Waals surface area contributed by atoms with Crippen molar-refractivity contribution >= 4 is 21.7 Å². The van der Waals surface area contributed by atoms with Gasteiger partial charge >= 0.3 is 11.8 Å². The van der Waals surface area contributed by atoms with Crippen LogP contribution in [0, 0.1) is 11.3 Å². The summed E-state index contributed by atoms with van der Waals surface area (Å²) in [5.74, 6) is -1.78. The molecule has 94 valence electrons. The Morgan fingerprint density at radius 2 is 2.18 bits per heavy atom. The number of sulfone groups is 1. The van der Waals surface area contributed by atoms with Crippen molar-refractivity contribution in [1.29, 1.82) is 5.26 Å². The summed E-state index contributed by atoms with van der Waals surface area (Å²) in [6.45, 7) is -0.249. The predicted molar refractivity (Wildman–Crippen MR) is 58.5 cm³/mol. The first kappa shape index (κ1) is 13.4. The third-order valence-electron chi connectivity index (χ3n) is 2.60. The van der Waals surface area contributed by atoms with Crippen molar-refractivity contribution in [2.45, 2.75) is 12.5 Å². The van der Waals surface area contributed by atoms with Crippen molar-refractivity contribution in [3.63, 3.8) is 0 Å². The fourth-order valence-corrected chi connectivity index (χ4v) is 3.38. The number of rotatable bonds is 2. The maximum absolute atomic E-state index is 11.6. The number of carbonyl (C=O) groups excluding carboxylic acids is 2. The lowest BCUT2D eigenvalue weighted by Crippen LogP contribution is -2.46.